The maximum absolute atomic E-state index is 13.5. The summed E-state index contributed by atoms with van der Waals surface area (Å²) in [6.45, 7) is 3.98. The molecule has 0 aliphatic carbocycles. The molecule has 0 aromatic heterocycles. The summed E-state index contributed by atoms with van der Waals surface area (Å²) in [6, 6.07) is 12.0. The fourth-order valence-electron chi connectivity index (χ4n) is 2.26. The lowest BCUT2D eigenvalue weighted by Crippen LogP contribution is -2.23. The van der Waals surface area contributed by atoms with E-state index in [0.717, 1.165) is 16.8 Å². The Hall–Kier alpha value is -2.40. The molecule has 0 fully saturated rings. The minimum Gasteiger partial charge on any atom is -0.386 e. The molecule has 4 N–H and O–H groups in total. The second-order valence-corrected chi connectivity index (χ2v) is 5.26. The van der Waals surface area contributed by atoms with Crippen LogP contribution in [-0.4, -0.2) is 17.6 Å². The molecular formula is C17H20FN3O. The molecule has 4 nitrogen and oxygen atoms in total. The molecule has 0 saturated carbocycles. The lowest BCUT2D eigenvalue weighted by atomic mass is 10.1. The molecule has 0 amide bonds. The molecule has 0 spiro atoms. The van der Waals surface area contributed by atoms with Crippen LogP contribution >= 0.6 is 0 Å². The summed E-state index contributed by atoms with van der Waals surface area (Å²) < 4.78 is 13.5. The number of benzene rings is 2. The number of nitrogens with two attached hydrogens (primary N) is 1. The van der Waals surface area contributed by atoms with E-state index in [0.29, 0.717) is 0 Å². The van der Waals surface area contributed by atoms with Crippen LogP contribution in [0.5, 0.6) is 0 Å². The van der Waals surface area contributed by atoms with E-state index in [1.54, 1.807) is 12.1 Å². The fraction of sp³-hybridized carbons (Fsp3) is 0.235. The summed E-state index contributed by atoms with van der Waals surface area (Å²) >= 11 is 0. The van der Waals surface area contributed by atoms with Crippen LogP contribution in [0.4, 0.5) is 10.1 Å². The van der Waals surface area contributed by atoms with Crippen molar-refractivity contribution < 1.29 is 9.50 Å². The number of nitrogens with zero attached hydrogens (tertiary/aromatic N) is 1. The van der Waals surface area contributed by atoms with Gasteiger partial charge < -0.3 is 16.2 Å². The Morgan fingerprint density at radius 3 is 2.50 bits per heavy atom. The molecule has 0 aliphatic rings. The van der Waals surface area contributed by atoms with E-state index in [2.05, 4.69) is 16.4 Å². The molecule has 1 unspecified atom stereocenters. The predicted molar refractivity (Wildman–Crippen MR) is 87.4 cm³/mol. The highest BCUT2D eigenvalue weighted by atomic mass is 19.1. The lowest BCUT2D eigenvalue weighted by Gasteiger charge is -2.11. The molecule has 0 aliphatic heterocycles. The molecule has 0 heterocycles. The molecule has 2 rings (SSSR count). The largest absolute Gasteiger partial charge is 0.386 e. The van der Waals surface area contributed by atoms with Crippen molar-refractivity contribution in [1.29, 1.82) is 0 Å². The number of aliphatic hydroxyl groups is 1. The number of aliphatic hydroxyl groups excluding tert-OH is 1. The molecule has 0 bridgehead atoms. The molecule has 2 aromatic rings. The van der Waals surface area contributed by atoms with Crippen LogP contribution in [0.15, 0.2) is 47.5 Å². The Bertz CT molecular complexity index is 665. The summed E-state index contributed by atoms with van der Waals surface area (Å²) in [4.78, 5) is 4.06. The number of guanidine groups is 1. The number of aliphatic imine (C=N–C) groups is 1. The van der Waals surface area contributed by atoms with Gasteiger partial charge in [-0.15, -0.1) is 0 Å². The van der Waals surface area contributed by atoms with Crippen molar-refractivity contribution >= 4 is 11.6 Å². The quantitative estimate of drug-likeness (QED) is 0.600. The summed E-state index contributed by atoms with van der Waals surface area (Å²) in [5, 5.41) is 12.9. The number of hydrogen-bond acceptors (Lipinski definition) is 2. The van der Waals surface area contributed by atoms with Gasteiger partial charge in [-0.2, -0.15) is 0 Å². The Balaban J connectivity index is 2.02. The van der Waals surface area contributed by atoms with Crippen LogP contribution in [0.2, 0.25) is 0 Å². The van der Waals surface area contributed by atoms with E-state index in [-0.39, 0.29) is 18.1 Å². The fourth-order valence-corrected chi connectivity index (χ4v) is 2.26. The summed E-state index contributed by atoms with van der Waals surface area (Å²) in [5.41, 5.74) is 9.08. The zero-order chi connectivity index (χ0) is 16.1. The standard InChI is InChI=1S/C17H20FN3O/c1-11-7-12(2)9-13(8-11)21-17(19)20-10-16(22)14-5-3-4-6-15(14)18/h3-9,16,22H,10H2,1-2H3,(H3,19,20,21). The third kappa shape index (κ3) is 4.30. The highest BCUT2D eigenvalue weighted by Gasteiger charge is 2.11. The molecule has 1 atom stereocenters. The Labute approximate surface area is 129 Å². The number of rotatable bonds is 4. The minimum absolute atomic E-state index is 0.00936. The van der Waals surface area contributed by atoms with E-state index in [4.69, 9.17) is 5.73 Å². The van der Waals surface area contributed by atoms with Gasteiger partial charge in [-0.3, -0.25) is 4.99 Å². The zero-order valence-corrected chi connectivity index (χ0v) is 12.7. The Kier molecular flexibility index (Phi) is 5.12. The van der Waals surface area contributed by atoms with Crippen molar-refractivity contribution in [2.24, 2.45) is 10.7 Å². The molecule has 22 heavy (non-hydrogen) atoms. The van der Waals surface area contributed by atoms with Gasteiger partial charge in [-0.05, 0) is 43.2 Å². The van der Waals surface area contributed by atoms with E-state index in [1.807, 2.05) is 26.0 Å². The Morgan fingerprint density at radius 1 is 1.23 bits per heavy atom. The molecule has 116 valence electrons. The van der Waals surface area contributed by atoms with Crippen LogP contribution in [0, 0.1) is 19.7 Å². The van der Waals surface area contributed by atoms with Gasteiger partial charge in [-0.25, -0.2) is 4.39 Å². The number of aryl methyl sites for hydroxylation is 2. The van der Waals surface area contributed by atoms with Crippen LogP contribution < -0.4 is 11.1 Å². The van der Waals surface area contributed by atoms with Gasteiger partial charge >= 0.3 is 0 Å². The molecular weight excluding hydrogens is 281 g/mol. The number of hydrogen-bond donors (Lipinski definition) is 3. The van der Waals surface area contributed by atoms with Gasteiger partial charge in [0.05, 0.1) is 6.54 Å². The average Bonchev–Trinajstić information content (AvgIpc) is 2.44. The van der Waals surface area contributed by atoms with Gasteiger partial charge in [0.15, 0.2) is 5.96 Å². The van der Waals surface area contributed by atoms with Crippen LogP contribution in [0.25, 0.3) is 0 Å². The van der Waals surface area contributed by atoms with Gasteiger partial charge in [-0.1, -0.05) is 24.3 Å². The smallest absolute Gasteiger partial charge is 0.193 e. The SMILES string of the molecule is Cc1cc(C)cc(NC(N)=NCC(O)c2ccccc2F)c1. The second kappa shape index (κ2) is 7.04. The Morgan fingerprint density at radius 2 is 1.86 bits per heavy atom. The monoisotopic (exact) mass is 301 g/mol. The highest BCUT2D eigenvalue weighted by Crippen LogP contribution is 2.17. The van der Waals surface area contributed by atoms with E-state index >= 15 is 0 Å². The third-order valence-electron chi connectivity index (χ3n) is 3.19. The first-order valence-corrected chi connectivity index (χ1v) is 7.03. The predicted octanol–water partition coefficient (Wildman–Crippen LogP) is 2.90. The molecule has 0 saturated heterocycles. The van der Waals surface area contributed by atoms with Crippen molar-refractivity contribution in [3.8, 4) is 0 Å². The summed E-state index contributed by atoms with van der Waals surface area (Å²) in [7, 11) is 0. The molecule has 2 aromatic carbocycles. The lowest BCUT2D eigenvalue weighted by molar-refractivity contribution is 0.182. The maximum atomic E-state index is 13.5. The van der Waals surface area contributed by atoms with Crippen LogP contribution in [0.3, 0.4) is 0 Å². The highest BCUT2D eigenvalue weighted by molar-refractivity contribution is 5.92. The number of halogens is 1. The van der Waals surface area contributed by atoms with Gasteiger partial charge in [0.25, 0.3) is 0 Å². The summed E-state index contributed by atoms with van der Waals surface area (Å²) in [6.07, 6.45) is -1.03. The zero-order valence-electron chi connectivity index (χ0n) is 12.7. The van der Waals surface area contributed by atoms with Gasteiger partial charge in [0, 0.05) is 11.3 Å². The van der Waals surface area contributed by atoms with Gasteiger partial charge in [0.2, 0.25) is 0 Å². The van der Waals surface area contributed by atoms with Crippen LogP contribution in [-0.2, 0) is 0 Å². The normalized spacial score (nSPS) is 13.0. The van der Waals surface area contributed by atoms with Crippen molar-refractivity contribution in [2.45, 2.75) is 20.0 Å². The second-order valence-electron chi connectivity index (χ2n) is 5.26. The number of anilines is 1. The van der Waals surface area contributed by atoms with E-state index in [9.17, 15) is 9.50 Å². The minimum atomic E-state index is -1.03. The van der Waals surface area contributed by atoms with Crippen molar-refractivity contribution in [1.82, 2.24) is 0 Å². The molecule has 0 radical (unpaired) electrons. The first-order valence-electron chi connectivity index (χ1n) is 7.03. The third-order valence-corrected chi connectivity index (χ3v) is 3.19. The van der Waals surface area contributed by atoms with E-state index < -0.39 is 11.9 Å². The van der Waals surface area contributed by atoms with Crippen LogP contribution in [0.1, 0.15) is 22.8 Å². The topological polar surface area (TPSA) is 70.6 Å². The maximum Gasteiger partial charge on any atom is 0.193 e. The molecule has 5 heteroatoms. The summed E-state index contributed by atoms with van der Waals surface area (Å²) in [5.74, 6) is -0.272. The number of nitrogens with one attached hydrogen (secondary N) is 1. The first-order chi connectivity index (χ1) is 10.5. The van der Waals surface area contributed by atoms with Gasteiger partial charge in [0.1, 0.15) is 11.9 Å². The van der Waals surface area contributed by atoms with Crippen molar-refractivity contribution in [2.75, 3.05) is 11.9 Å². The van der Waals surface area contributed by atoms with Crippen molar-refractivity contribution in [3.05, 3.63) is 65.0 Å². The first kappa shape index (κ1) is 16.0. The van der Waals surface area contributed by atoms with E-state index in [1.165, 1.54) is 12.1 Å². The average molecular weight is 301 g/mol. The van der Waals surface area contributed by atoms with Crippen molar-refractivity contribution in [3.63, 3.8) is 0 Å².